The molecule has 0 aliphatic carbocycles. The number of rotatable bonds is 3. The lowest BCUT2D eigenvalue weighted by atomic mass is 10.0. The summed E-state index contributed by atoms with van der Waals surface area (Å²) in [5.41, 5.74) is 0.951. The summed E-state index contributed by atoms with van der Waals surface area (Å²) >= 11 is 11.9. The molecule has 0 unspecified atom stereocenters. The van der Waals surface area contributed by atoms with Gasteiger partial charge in [0.1, 0.15) is 21.9 Å². The molecule has 2 heterocycles. The first-order valence-corrected chi connectivity index (χ1v) is 7.87. The van der Waals surface area contributed by atoms with Crippen molar-refractivity contribution < 1.29 is 13.9 Å². The summed E-state index contributed by atoms with van der Waals surface area (Å²) in [4.78, 5) is 5.83. The average Bonchev–Trinajstić information content (AvgIpc) is 2.85. The summed E-state index contributed by atoms with van der Waals surface area (Å²) in [5, 5.41) is 10.5. The van der Waals surface area contributed by atoms with Crippen LogP contribution in [-0.2, 0) is 6.54 Å². The Morgan fingerprint density at radius 1 is 1.22 bits per heavy atom. The van der Waals surface area contributed by atoms with Gasteiger partial charge in [-0.25, -0.2) is 13.8 Å². The number of aromatic nitrogens is 1. The number of nitrogens with zero attached hydrogens (tertiary/aromatic N) is 2. The van der Waals surface area contributed by atoms with Gasteiger partial charge < -0.3 is 5.11 Å². The van der Waals surface area contributed by atoms with Crippen LogP contribution >= 0.6 is 23.2 Å². The molecule has 3 rings (SSSR count). The van der Waals surface area contributed by atoms with Crippen LogP contribution in [0.2, 0.25) is 10.3 Å². The number of likely N-dealkylation sites (tertiary alicyclic amines) is 1. The second kappa shape index (κ2) is 6.69. The second-order valence-corrected chi connectivity index (χ2v) is 6.33. The van der Waals surface area contributed by atoms with E-state index in [0.29, 0.717) is 25.1 Å². The molecule has 0 radical (unpaired) electrons. The van der Waals surface area contributed by atoms with Gasteiger partial charge in [0, 0.05) is 30.3 Å². The normalized spacial score (nSPS) is 21.8. The van der Waals surface area contributed by atoms with Crippen molar-refractivity contribution in [1.82, 2.24) is 9.88 Å². The predicted octanol–water partition coefficient (Wildman–Crippen LogP) is 3.97. The van der Waals surface area contributed by atoms with Gasteiger partial charge in [-0.2, -0.15) is 0 Å². The molecule has 1 saturated heterocycles. The van der Waals surface area contributed by atoms with E-state index >= 15 is 0 Å². The Kier molecular flexibility index (Phi) is 4.82. The zero-order chi connectivity index (χ0) is 16.6. The monoisotopic (exact) mass is 358 g/mol. The number of pyridine rings is 1. The van der Waals surface area contributed by atoms with Crippen molar-refractivity contribution in [1.29, 1.82) is 0 Å². The van der Waals surface area contributed by atoms with Crippen molar-refractivity contribution in [2.75, 3.05) is 6.54 Å². The van der Waals surface area contributed by atoms with Gasteiger partial charge in [0.15, 0.2) is 0 Å². The van der Waals surface area contributed by atoms with E-state index in [0.717, 1.165) is 12.1 Å². The van der Waals surface area contributed by atoms with E-state index in [9.17, 15) is 13.9 Å². The van der Waals surface area contributed by atoms with E-state index in [1.54, 1.807) is 12.1 Å². The van der Waals surface area contributed by atoms with Crippen molar-refractivity contribution in [3.8, 4) is 0 Å². The molecule has 7 heteroatoms. The smallest absolute Gasteiger partial charge is 0.135 e. The van der Waals surface area contributed by atoms with E-state index in [1.165, 1.54) is 6.07 Å². The third kappa shape index (κ3) is 3.63. The fraction of sp³-hybridized carbons (Fsp3) is 0.312. The zero-order valence-corrected chi connectivity index (χ0v) is 13.5. The summed E-state index contributed by atoms with van der Waals surface area (Å²) in [6.45, 7) is 0.709. The molecule has 1 aromatic carbocycles. The van der Waals surface area contributed by atoms with Crippen molar-refractivity contribution in [3.63, 3.8) is 0 Å². The molecule has 2 aromatic rings. The van der Waals surface area contributed by atoms with Crippen LogP contribution in [0.5, 0.6) is 0 Å². The fourth-order valence-electron chi connectivity index (χ4n) is 2.93. The molecule has 0 amide bonds. The summed E-state index contributed by atoms with van der Waals surface area (Å²) in [5.74, 6) is -0.996. The minimum Gasteiger partial charge on any atom is -0.392 e. The van der Waals surface area contributed by atoms with Crippen LogP contribution in [0.15, 0.2) is 30.3 Å². The third-order valence-corrected chi connectivity index (χ3v) is 4.50. The highest BCUT2D eigenvalue weighted by atomic mass is 35.5. The molecule has 1 N–H and O–H groups in total. The number of hydrogen-bond donors (Lipinski definition) is 1. The van der Waals surface area contributed by atoms with Crippen LogP contribution in [0.4, 0.5) is 8.78 Å². The second-order valence-electron chi connectivity index (χ2n) is 5.58. The van der Waals surface area contributed by atoms with Gasteiger partial charge >= 0.3 is 0 Å². The molecule has 0 saturated carbocycles. The molecular formula is C16H14Cl2F2N2O. The standard InChI is InChI=1S/C16H14Cl2F2N2O/c17-15-4-1-9(16(18)21-15)7-22-8-11(23)6-14(22)12-5-10(19)2-3-13(12)20/h1-5,11,14,23H,6-8H2/t11-,14+/m1/s1. The molecule has 2 atom stereocenters. The van der Waals surface area contributed by atoms with Gasteiger partial charge in [-0.05, 0) is 30.7 Å². The van der Waals surface area contributed by atoms with E-state index in [-0.39, 0.29) is 15.9 Å². The number of aliphatic hydroxyl groups excluding tert-OH is 1. The SMILES string of the molecule is O[C@@H]1C[C@@H](c2cc(F)ccc2F)N(Cc2ccc(Cl)nc2Cl)C1. The van der Waals surface area contributed by atoms with Crippen LogP contribution in [0.1, 0.15) is 23.6 Å². The van der Waals surface area contributed by atoms with Crippen molar-refractivity contribution in [3.05, 3.63) is 63.4 Å². The number of halogens is 4. The quantitative estimate of drug-likeness (QED) is 0.843. The van der Waals surface area contributed by atoms with E-state index in [2.05, 4.69) is 4.98 Å². The van der Waals surface area contributed by atoms with Crippen molar-refractivity contribution >= 4 is 23.2 Å². The molecule has 0 bridgehead atoms. The van der Waals surface area contributed by atoms with Crippen molar-refractivity contribution in [2.45, 2.75) is 25.1 Å². The highest BCUT2D eigenvalue weighted by molar-refractivity contribution is 6.32. The highest BCUT2D eigenvalue weighted by Crippen LogP contribution is 2.35. The number of aliphatic hydroxyl groups is 1. The fourth-order valence-corrected chi connectivity index (χ4v) is 3.33. The maximum Gasteiger partial charge on any atom is 0.135 e. The Balaban J connectivity index is 1.89. The van der Waals surface area contributed by atoms with Crippen LogP contribution in [0.25, 0.3) is 0 Å². The maximum absolute atomic E-state index is 14.1. The lowest BCUT2D eigenvalue weighted by Gasteiger charge is -2.25. The highest BCUT2D eigenvalue weighted by Gasteiger charge is 2.34. The molecule has 3 nitrogen and oxygen atoms in total. The summed E-state index contributed by atoms with van der Waals surface area (Å²) in [6.07, 6.45) is -0.277. The van der Waals surface area contributed by atoms with Gasteiger partial charge in [0.05, 0.1) is 6.10 Å². The summed E-state index contributed by atoms with van der Waals surface area (Å²) in [7, 11) is 0. The van der Waals surface area contributed by atoms with Gasteiger partial charge in [-0.1, -0.05) is 29.3 Å². The summed E-state index contributed by atoms with van der Waals surface area (Å²) < 4.78 is 27.5. The van der Waals surface area contributed by atoms with Crippen LogP contribution in [-0.4, -0.2) is 27.6 Å². The Hall–Kier alpha value is -1.27. The van der Waals surface area contributed by atoms with Crippen molar-refractivity contribution in [2.24, 2.45) is 0 Å². The Morgan fingerprint density at radius 2 is 2.00 bits per heavy atom. The van der Waals surface area contributed by atoms with Gasteiger partial charge in [-0.15, -0.1) is 0 Å². The summed E-state index contributed by atoms with van der Waals surface area (Å²) in [6, 6.07) is 6.28. The van der Waals surface area contributed by atoms with E-state index in [4.69, 9.17) is 23.2 Å². The molecule has 23 heavy (non-hydrogen) atoms. The lowest BCUT2D eigenvalue weighted by Crippen LogP contribution is -2.25. The number of benzene rings is 1. The van der Waals surface area contributed by atoms with E-state index in [1.807, 2.05) is 4.90 Å². The zero-order valence-electron chi connectivity index (χ0n) is 12.0. The van der Waals surface area contributed by atoms with E-state index < -0.39 is 23.8 Å². The first-order chi connectivity index (χ1) is 10.9. The first kappa shape index (κ1) is 16.6. The van der Waals surface area contributed by atoms with Crippen LogP contribution in [0.3, 0.4) is 0 Å². The van der Waals surface area contributed by atoms with Gasteiger partial charge in [-0.3, -0.25) is 4.90 Å². The lowest BCUT2D eigenvalue weighted by molar-refractivity contribution is 0.172. The predicted molar refractivity (Wildman–Crippen MR) is 84.4 cm³/mol. The molecule has 1 aromatic heterocycles. The minimum absolute atomic E-state index is 0.236. The van der Waals surface area contributed by atoms with Crippen LogP contribution < -0.4 is 0 Å². The minimum atomic E-state index is -0.610. The molecule has 122 valence electrons. The molecule has 1 aliphatic rings. The first-order valence-electron chi connectivity index (χ1n) is 7.12. The third-order valence-electron chi connectivity index (χ3n) is 3.96. The number of hydrogen-bond acceptors (Lipinski definition) is 3. The number of β-amino-alcohol motifs (C(OH)–C–C–N with tert-alkyl or cyclic N) is 1. The Morgan fingerprint density at radius 3 is 2.74 bits per heavy atom. The molecule has 1 aliphatic heterocycles. The molecular weight excluding hydrogens is 345 g/mol. The molecule has 0 spiro atoms. The van der Waals surface area contributed by atoms with Crippen LogP contribution in [0, 0.1) is 11.6 Å². The van der Waals surface area contributed by atoms with Gasteiger partial charge in [0.2, 0.25) is 0 Å². The Bertz CT molecular complexity index is 729. The average molecular weight is 359 g/mol. The van der Waals surface area contributed by atoms with Gasteiger partial charge in [0.25, 0.3) is 0 Å². The largest absolute Gasteiger partial charge is 0.392 e. The Labute approximate surface area is 142 Å². The topological polar surface area (TPSA) is 36.4 Å². The maximum atomic E-state index is 14.1. The molecule has 1 fully saturated rings.